The van der Waals surface area contributed by atoms with Crippen LogP contribution in [-0.2, 0) is 0 Å². The van der Waals surface area contributed by atoms with Crippen LogP contribution in [0, 0.1) is 0 Å². The molecule has 4 aromatic carbocycles. The molecule has 0 unspecified atom stereocenters. The molecule has 0 N–H and O–H groups in total. The normalized spacial score (nSPS) is 8.96. The van der Waals surface area contributed by atoms with Gasteiger partial charge in [0.1, 0.15) is 0 Å². The first-order chi connectivity index (χ1) is 10.9. The molecule has 0 aliphatic heterocycles. The van der Waals surface area contributed by atoms with Gasteiger partial charge in [-0.3, -0.25) is 0 Å². The molecule has 1 heteroatoms. The summed E-state index contributed by atoms with van der Waals surface area (Å²) in [5.41, 5.74) is 0. The molecule has 0 fully saturated rings. The summed E-state index contributed by atoms with van der Waals surface area (Å²) >= 11 is 0. The summed E-state index contributed by atoms with van der Waals surface area (Å²) in [4.78, 5) is 0. The predicted octanol–water partition coefficient (Wildman–Crippen LogP) is 6.57. The lowest BCUT2D eigenvalue weighted by atomic mass is 10.1. The summed E-state index contributed by atoms with van der Waals surface area (Å²) < 4.78 is 0. The standard InChI is InChI=1S/2C10H8.C2H6.B.H2/c2*1-2-6-10-8-4-3-7-9(10)5-1;1-2;;/h2*1-8H;1-2H3;;1H/i;;;;1+1. The van der Waals surface area contributed by atoms with Crippen molar-refractivity contribution in [3.05, 3.63) is 97.1 Å². The Kier molecular flexibility index (Phi) is 8.24. The largest absolute Gasteiger partial charge is 0.0683 e. The molecule has 4 rings (SSSR count). The smallest absolute Gasteiger partial charge is 0 e. The number of benzene rings is 4. The lowest BCUT2D eigenvalue weighted by Gasteiger charge is -1.92. The van der Waals surface area contributed by atoms with Gasteiger partial charge in [0.2, 0.25) is 0 Å². The lowest BCUT2D eigenvalue weighted by molar-refractivity contribution is 1.50. The Labute approximate surface area is 142 Å². The predicted molar refractivity (Wildman–Crippen MR) is 107 cm³/mol. The van der Waals surface area contributed by atoms with E-state index in [-0.39, 0.29) is 9.84 Å². The van der Waals surface area contributed by atoms with E-state index in [1.807, 2.05) is 13.8 Å². The molecule has 0 spiro atoms. The molecule has 0 saturated carbocycles. The fourth-order valence-corrected chi connectivity index (χ4v) is 2.27. The second-order valence-electron chi connectivity index (χ2n) is 4.69. The van der Waals surface area contributed by atoms with Gasteiger partial charge >= 0.3 is 0 Å². The zero-order valence-electron chi connectivity index (χ0n) is 13.8. The minimum absolute atomic E-state index is 0. The molecular formula is C22H24B. The Balaban J connectivity index is 0.000000372. The average Bonchev–Trinajstić information content (AvgIpc) is 2.64. The second kappa shape index (κ2) is 10.2. The van der Waals surface area contributed by atoms with Crippen molar-refractivity contribution in [3.63, 3.8) is 0 Å². The highest BCUT2D eigenvalue weighted by Gasteiger charge is 1.86. The lowest BCUT2D eigenvalue weighted by Crippen LogP contribution is -1.67. The quantitative estimate of drug-likeness (QED) is 0.322. The summed E-state index contributed by atoms with van der Waals surface area (Å²) in [7, 11) is 0. The molecule has 23 heavy (non-hydrogen) atoms. The van der Waals surface area contributed by atoms with E-state index in [0.29, 0.717) is 0 Å². The minimum Gasteiger partial charge on any atom is -0.0683 e. The molecule has 0 atom stereocenters. The van der Waals surface area contributed by atoms with Gasteiger partial charge in [0.25, 0.3) is 0 Å². The SMILES string of the molecule is CC.[2HH].[B].c1ccc2ccccc2c1.c1ccc2ccccc2c1. The minimum atomic E-state index is 0. The van der Waals surface area contributed by atoms with Crippen molar-refractivity contribution >= 4 is 30.0 Å². The Hall–Kier alpha value is -2.54. The first-order valence-electron chi connectivity index (χ1n) is 7.81. The van der Waals surface area contributed by atoms with E-state index in [2.05, 4.69) is 97.1 Å². The van der Waals surface area contributed by atoms with Gasteiger partial charge in [-0.25, -0.2) is 0 Å². The third-order valence-corrected chi connectivity index (χ3v) is 3.32. The summed E-state index contributed by atoms with van der Waals surface area (Å²) in [5, 5.41) is 5.24. The van der Waals surface area contributed by atoms with E-state index in [1.165, 1.54) is 21.5 Å². The number of hydrogen-bond acceptors (Lipinski definition) is 0. The van der Waals surface area contributed by atoms with Crippen molar-refractivity contribution in [2.75, 3.05) is 0 Å². The van der Waals surface area contributed by atoms with E-state index >= 15 is 0 Å². The van der Waals surface area contributed by atoms with Gasteiger partial charge in [0, 0.05) is 9.84 Å². The van der Waals surface area contributed by atoms with E-state index in [1.54, 1.807) is 0 Å². The van der Waals surface area contributed by atoms with Crippen LogP contribution < -0.4 is 0 Å². The molecule has 0 amide bonds. The van der Waals surface area contributed by atoms with Gasteiger partial charge in [-0.05, 0) is 21.5 Å². The summed E-state index contributed by atoms with van der Waals surface area (Å²) in [6.07, 6.45) is 0. The van der Waals surface area contributed by atoms with Crippen molar-refractivity contribution in [2.45, 2.75) is 13.8 Å². The molecule has 0 aromatic heterocycles. The first kappa shape index (κ1) is 18.5. The maximum atomic E-state index is 2.12. The maximum Gasteiger partial charge on any atom is 0 e. The highest BCUT2D eigenvalue weighted by molar-refractivity contribution is 5.82. The van der Waals surface area contributed by atoms with Crippen LogP contribution in [0.5, 0.6) is 0 Å². The Morgan fingerprint density at radius 3 is 0.652 bits per heavy atom. The molecule has 0 bridgehead atoms. The Morgan fingerprint density at radius 2 is 0.522 bits per heavy atom. The molecule has 0 heterocycles. The van der Waals surface area contributed by atoms with Gasteiger partial charge in [-0.15, -0.1) is 0 Å². The van der Waals surface area contributed by atoms with Crippen LogP contribution in [0.3, 0.4) is 0 Å². The van der Waals surface area contributed by atoms with Crippen LogP contribution >= 0.6 is 0 Å². The van der Waals surface area contributed by atoms with Crippen LogP contribution in [0.4, 0.5) is 0 Å². The number of fused-ring (bicyclic) bond motifs is 2. The van der Waals surface area contributed by atoms with Crippen molar-refractivity contribution in [1.82, 2.24) is 0 Å². The topological polar surface area (TPSA) is 0 Å². The fourth-order valence-electron chi connectivity index (χ4n) is 2.27. The highest BCUT2D eigenvalue weighted by Crippen LogP contribution is 2.11. The number of rotatable bonds is 0. The van der Waals surface area contributed by atoms with E-state index < -0.39 is 0 Å². The van der Waals surface area contributed by atoms with Crippen LogP contribution in [0.2, 0.25) is 0 Å². The van der Waals surface area contributed by atoms with Crippen molar-refractivity contribution in [1.29, 1.82) is 0 Å². The maximum absolute atomic E-state index is 2.12. The van der Waals surface area contributed by atoms with Crippen LogP contribution in [-0.4, -0.2) is 8.41 Å². The molecule has 0 nitrogen and oxygen atoms in total. The van der Waals surface area contributed by atoms with Crippen LogP contribution in [0.1, 0.15) is 15.3 Å². The van der Waals surface area contributed by atoms with Gasteiger partial charge < -0.3 is 0 Å². The first-order valence-corrected chi connectivity index (χ1v) is 7.81. The molecular weight excluding hydrogens is 275 g/mol. The molecule has 0 saturated heterocycles. The van der Waals surface area contributed by atoms with Crippen molar-refractivity contribution in [3.8, 4) is 0 Å². The van der Waals surface area contributed by atoms with Crippen LogP contribution in [0.15, 0.2) is 97.1 Å². The average molecular weight is 300 g/mol. The summed E-state index contributed by atoms with van der Waals surface area (Å²) in [6, 6.07) is 33.4. The molecule has 115 valence electrons. The van der Waals surface area contributed by atoms with Crippen molar-refractivity contribution < 1.29 is 1.43 Å². The van der Waals surface area contributed by atoms with E-state index in [4.69, 9.17) is 0 Å². The molecule has 0 aliphatic rings. The van der Waals surface area contributed by atoms with Crippen molar-refractivity contribution in [2.24, 2.45) is 0 Å². The molecule has 4 aromatic rings. The van der Waals surface area contributed by atoms with Gasteiger partial charge in [-0.2, -0.15) is 0 Å². The summed E-state index contributed by atoms with van der Waals surface area (Å²) in [6.45, 7) is 4.00. The monoisotopic (exact) mass is 300 g/mol. The highest BCUT2D eigenvalue weighted by atomic mass is 13.9. The third kappa shape index (κ3) is 5.30. The Bertz CT molecular complexity index is 625. The van der Waals surface area contributed by atoms with Gasteiger partial charge in [0.05, 0.1) is 0 Å². The second-order valence-corrected chi connectivity index (χ2v) is 4.69. The summed E-state index contributed by atoms with van der Waals surface area (Å²) in [5.74, 6) is 0. The van der Waals surface area contributed by atoms with Crippen LogP contribution in [0.25, 0.3) is 21.5 Å². The van der Waals surface area contributed by atoms with E-state index in [9.17, 15) is 0 Å². The molecule has 3 radical (unpaired) electrons. The Morgan fingerprint density at radius 1 is 0.391 bits per heavy atom. The third-order valence-electron chi connectivity index (χ3n) is 3.32. The zero-order valence-corrected chi connectivity index (χ0v) is 13.8. The van der Waals surface area contributed by atoms with E-state index in [0.717, 1.165) is 0 Å². The van der Waals surface area contributed by atoms with Gasteiger partial charge in [0.15, 0.2) is 0 Å². The molecule has 0 aliphatic carbocycles. The zero-order chi connectivity index (χ0) is 15.6. The fraction of sp³-hybridized carbons (Fsp3) is 0.0909. The van der Waals surface area contributed by atoms with Gasteiger partial charge in [-0.1, -0.05) is 111 Å². The number of hydrogen-bond donors (Lipinski definition) is 0.